The van der Waals surface area contributed by atoms with Crippen molar-refractivity contribution in [2.45, 2.75) is 25.6 Å². The normalized spacial score (nSPS) is 14.9. The summed E-state index contributed by atoms with van der Waals surface area (Å²) < 4.78 is 11.6. The number of esters is 1. The molecule has 0 aliphatic carbocycles. The van der Waals surface area contributed by atoms with E-state index in [0.29, 0.717) is 27.0 Å². The molecule has 12 nitrogen and oxygen atoms in total. The molecule has 3 aromatic rings. The summed E-state index contributed by atoms with van der Waals surface area (Å²) in [5, 5.41) is 35.6. The highest BCUT2D eigenvalue weighted by Crippen LogP contribution is 2.38. The van der Waals surface area contributed by atoms with E-state index in [1.807, 2.05) is 0 Å². The number of aliphatic carboxylic acids is 1. The molecule has 1 atom stereocenters. The molecule has 2 aromatic heterocycles. The number of ether oxygens (including phenoxy) is 2. The molecule has 1 amide bonds. The number of carboxylic acids is 2. The number of carbonyl (C=O) groups is 4. The molecule has 0 spiro atoms. The summed E-state index contributed by atoms with van der Waals surface area (Å²) >= 11 is 1.00. The number of nitrogens with one attached hydrogen (secondary N) is 2. The smallest absolute Gasteiger partial charge is 0.394 e. The third-order valence-electron chi connectivity index (χ3n) is 5.74. The Bertz CT molecular complexity index is 1370. The Morgan fingerprint density at radius 1 is 1.20 bits per heavy atom. The maximum absolute atomic E-state index is 12.3. The minimum Gasteiger partial charge on any atom is -0.497 e. The number of amides is 1. The molecule has 13 heteroatoms. The van der Waals surface area contributed by atoms with Crippen molar-refractivity contribution in [3.63, 3.8) is 0 Å². The van der Waals surface area contributed by atoms with E-state index in [9.17, 15) is 29.4 Å². The van der Waals surface area contributed by atoms with Crippen LogP contribution in [0.1, 0.15) is 31.2 Å². The van der Waals surface area contributed by atoms with Gasteiger partial charge in [0.2, 0.25) is 0 Å². The summed E-state index contributed by atoms with van der Waals surface area (Å²) in [7, 11) is 2.69. The van der Waals surface area contributed by atoms with E-state index in [1.165, 1.54) is 20.3 Å². The van der Waals surface area contributed by atoms with Crippen LogP contribution in [0.4, 0.5) is 5.00 Å². The number of benzene rings is 1. The van der Waals surface area contributed by atoms with E-state index in [-0.39, 0.29) is 47.6 Å². The Labute approximate surface area is 201 Å². The second kappa shape index (κ2) is 9.27. The van der Waals surface area contributed by atoms with Gasteiger partial charge in [-0.25, -0.2) is 14.4 Å². The highest BCUT2D eigenvalue weighted by Gasteiger charge is 2.31. The fraction of sp³-hybridized carbons (Fsp3) is 0.273. The zero-order valence-corrected chi connectivity index (χ0v) is 19.4. The van der Waals surface area contributed by atoms with Crippen LogP contribution in [0.3, 0.4) is 0 Å². The number of hydrogen-bond acceptors (Lipinski definition) is 9. The molecular formula is C22H21N3O9S. The molecule has 0 saturated carbocycles. The van der Waals surface area contributed by atoms with E-state index >= 15 is 0 Å². The first-order valence-corrected chi connectivity index (χ1v) is 11.1. The lowest BCUT2D eigenvalue weighted by Gasteiger charge is -2.25. The van der Waals surface area contributed by atoms with Crippen molar-refractivity contribution in [2.75, 3.05) is 19.5 Å². The quantitative estimate of drug-likeness (QED) is 0.245. The largest absolute Gasteiger partial charge is 0.497 e. The van der Waals surface area contributed by atoms with Gasteiger partial charge in [-0.1, -0.05) is 0 Å². The zero-order chi connectivity index (χ0) is 25.4. The number of fused-ring (bicyclic) bond motifs is 2. The fourth-order valence-electron chi connectivity index (χ4n) is 4.12. The number of nitrogens with zero attached hydrogens (tertiary/aromatic N) is 1. The third kappa shape index (κ3) is 4.38. The van der Waals surface area contributed by atoms with Crippen molar-refractivity contribution in [1.29, 1.82) is 0 Å². The predicted octanol–water partition coefficient (Wildman–Crippen LogP) is 1.64. The fourth-order valence-corrected chi connectivity index (χ4v) is 5.29. The van der Waals surface area contributed by atoms with Crippen molar-refractivity contribution < 1.29 is 44.0 Å². The first kappa shape index (κ1) is 24.0. The first-order valence-electron chi connectivity index (χ1n) is 10.3. The molecule has 1 unspecified atom stereocenters. The number of rotatable bonds is 6. The van der Waals surface area contributed by atoms with Gasteiger partial charge < -0.3 is 40.0 Å². The van der Waals surface area contributed by atoms with E-state index in [1.54, 1.807) is 16.8 Å². The lowest BCUT2D eigenvalue weighted by atomic mass is 9.98. The maximum atomic E-state index is 12.3. The van der Waals surface area contributed by atoms with E-state index in [4.69, 9.17) is 14.6 Å². The summed E-state index contributed by atoms with van der Waals surface area (Å²) in [6.45, 7) is 0.519. The van der Waals surface area contributed by atoms with Gasteiger partial charge in [-0.3, -0.25) is 4.79 Å². The molecule has 0 bridgehead atoms. The van der Waals surface area contributed by atoms with Gasteiger partial charge in [0.15, 0.2) is 5.88 Å². The molecule has 1 aliphatic rings. The minimum atomic E-state index is -1.72. The first-order chi connectivity index (χ1) is 16.6. The van der Waals surface area contributed by atoms with Gasteiger partial charge in [-0.2, -0.15) is 0 Å². The standard InChI is InChI=1S/C22H21N3O9S/c1-33-10-4-11-14(12(5-10)22(32)34-2)8-25(19(11)27)7-9-3-13-15(6-23-9)35-18(16(13)20(28)29)24-17(26)21(30)31/h4-5,8-9,23,27H,3,6-7H2,1-2H3,(H,24,26)(H,28,29)(H,30,31). The Kier molecular flexibility index (Phi) is 6.37. The van der Waals surface area contributed by atoms with Crippen LogP contribution in [-0.4, -0.2) is 64.0 Å². The maximum Gasteiger partial charge on any atom is 0.394 e. The van der Waals surface area contributed by atoms with Gasteiger partial charge in [0.1, 0.15) is 10.8 Å². The van der Waals surface area contributed by atoms with Crippen LogP contribution in [0.5, 0.6) is 11.6 Å². The molecule has 184 valence electrons. The van der Waals surface area contributed by atoms with Crippen LogP contribution in [0, 0.1) is 0 Å². The number of carbonyl (C=O) groups excluding carboxylic acids is 2. The Hall–Kier alpha value is -4.10. The minimum absolute atomic E-state index is 0.0401. The van der Waals surface area contributed by atoms with E-state index in [0.717, 1.165) is 11.3 Å². The highest BCUT2D eigenvalue weighted by atomic mass is 32.1. The Morgan fingerprint density at radius 3 is 2.57 bits per heavy atom. The average Bonchev–Trinajstić information content (AvgIpc) is 3.34. The van der Waals surface area contributed by atoms with Crippen molar-refractivity contribution in [2.24, 2.45) is 0 Å². The molecule has 0 saturated heterocycles. The number of hydrogen-bond donors (Lipinski definition) is 5. The number of aromatic nitrogens is 1. The number of carboxylic acid groups (broad SMARTS) is 2. The summed E-state index contributed by atoms with van der Waals surface area (Å²) in [5.74, 6) is -4.65. The summed E-state index contributed by atoms with van der Waals surface area (Å²) in [6, 6.07) is 2.80. The van der Waals surface area contributed by atoms with Gasteiger partial charge in [-0.15, -0.1) is 11.3 Å². The average molecular weight is 503 g/mol. The van der Waals surface area contributed by atoms with Crippen LogP contribution in [0.25, 0.3) is 10.8 Å². The van der Waals surface area contributed by atoms with Crippen molar-refractivity contribution in [3.05, 3.63) is 39.9 Å². The summed E-state index contributed by atoms with van der Waals surface area (Å²) in [5.41, 5.74) is 0.561. The van der Waals surface area contributed by atoms with Crippen LogP contribution in [-0.2, 0) is 33.8 Å². The van der Waals surface area contributed by atoms with Crippen molar-refractivity contribution in [3.8, 4) is 11.6 Å². The SMILES string of the molecule is COC(=O)c1cc(OC)cc2c(O)n(CC3Cc4c(sc(NC(=O)C(=O)O)c4C(=O)O)CN3)cc12. The molecule has 1 aliphatic heterocycles. The van der Waals surface area contributed by atoms with Crippen LogP contribution in [0.2, 0.25) is 0 Å². The second-order valence-electron chi connectivity index (χ2n) is 7.79. The lowest BCUT2D eigenvalue weighted by molar-refractivity contribution is -0.147. The van der Waals surface area contributed by atoms with Crippen LogP contribution < -0.4 is 15.4 Å². The van der Waals surface area contributed by atoms with Gasteiger partial charge in [0.25, 0.3) is 0 Å². The second-order valence-corrected chi connectivity index (χ2v) is 8.89. The van der Waals surface area contributed by atoms with Crippen molar-refractivity contribution >= 4 is 50.9 Å². The molecule has 35 heavy (non-hydrogen) atoms. The Balaban J connectivity index is 1.66. The number of anilines is 1. The number of methoxy groups -OCH3 is 2. The number of aromatic carboxylic acids is 1. The number of thiophene rings is 1. The van der Waals surface area contributed by atoms with E-state index < -0.39 is 23.8 Å². The van der Waals surface area contributed by atoms with E-state index in [2.05, 4.69) is 10.6 Å². The lowest BCUT2D eigenvalue weighted by Crippen LogP contribution is -2.38. The summed E-state index contributed by atoms with van der Waals surface area (Å²) in [6.07, 6.45) is 1.86. The van der Waals surface area contributed by atoms with Gasteiger partial charge >= 0.3 is 23.8 Å². The molecular weight excluding hydrogens is 482 g/mol. The Morgan fingerprint density at radius 2 is 1.94 bits per heavy atom. The van der Waals surface area contributed by atoms with Crippen molar-refractivity contribution in [1.82, 2.24) is 9.88 Å². The highest BCUT2D eigenvalue weighted by molar-refractivity contribution is 7.17. The van der Waals surface area contributed by atoms with Gasteiger partial charge in [0.05, 0.1) is 25.3 Å². The monoisotopic (exact) mass is 503 g/mol. The summed E-state index contributed by atoms with van der Waals surface area (Å²) in [4.78, 5) is 47.3. The molecule has 0 radical (unpaired) electrons. The molecule has 3 heterocycles. The molecule has 0 fully saturated rings. The molecule has 4 rings (SSSR count). The molecule has 5 N–H and O–H groups in total. The van der Waals surface area contributed by atoms with Gasteiger partial charge in [-0.05, 0) is 24.1 Å². The number of aromatic hydroxyl groups is 1. The molecule has 1 aromatic carbocycles. The topological polar surface area (TPSA) is 176 Å². The van der Waals surface area contributed by atoms with Crippen LogP contribution >= 0.6 is 11.3 Å². The van der Waals surface area contributed by atoms with Crippen LogP contribution in [0.15, 0.2) is 18.3 Å². The predicted molar refractivity (Wildman–Crippen MR) is 123 cm³/mol. The van der Waals surface area contributed by atoms with Gasteiger partial charge in [0, 0.05) is 41.0 Å². The third-order valence-corrected chi connectivity index (χ3v) is 6.88. The zero-order valence-electron chi connectivity index (χ0n) is 18.6.